The molecule has 0 aliphatic carbocycles. The predicted octanol–water partition coefficient (Wildman–Crippen LogP) is 4.87. The van der Waals surface area contributed by atoms with E-state index in [0.29, 0.717) is 11.1 Å². The maximum atomic E-state index is 13.5. The lowest BCUT2D eigenvalue weighted by Gasteiger charge is -2.40. The Morgan fingerprint density at radius 2 is 1.36 bits per heavy atom. The van der Waals surface area contributed by atoms with Crippen LogP contribution in [0.15, 0.2) is 78.9 Å². The van der Waals surface area contributed by atoms with Crippen molar-refractivity contribution in [2.75, 3.05) is 6.54 Å². The Kier molecular flexibility index (Phi) is 5.25. The number of likely N-dealkylation sites (tertiary alicyclic amines) is 1. The molecule has 0 amide bonds. The van der Waals surface area contributed by atoms with Gasteiger partial charge in [0.15, 0.2) is 0 Å². The molecule has 0 bridgehead atoms. The minimum Gasteiger partial charge on any atom is -0.379 e. The molecule has 2 nitrogen and oxygen atoms in total. The van der Waals surface area contributed by atoms with Gasteiger partial charge in [0, 0.05) is 12.6 Å². The van der Waals surface area contributed by atoms with Gasteiger partial charge in [-0.15, -0.1) is 0 Å². The van der Waals surface area contributed by atoms with Crippen molar-refractivity contribution in [2.24, 2.45) is 0 Å². The molecular weight excluding hydrogens is 356 g/mol. The van der Waals surface area contributed by atoms with Gasteiger partial charge in [-0.3, -0.25) is 4.90 Å². The number of hydrogen-bond donors (Lipinski definition) is 1. The van der Waals surface area contributed by atoms with E-state index >= 15 is 0 Å². The van der Waals surface area contributed by atoms with Crippen LogP contribution in [0.5, 0.6) is 0 Å². The summed E-state index contributed by atoms with van der Waals surface area (Å²) in [6.07, 6.45) is 1.76. The summed E-state index contributed by atoms with van der Waals surface area (Å²) in [4.78, 5) is 2.27. The van der Waals surface area contributed by atoms with Crippen LogP contribution in [-0.2, 0) is 12.1 Å². The normalized spacial score (nSPS) is 17.8. The van der Waals surface area contributed by atoms with Crippen molar-refractivity contribution in [2.45, 2.75) is 31.0 Å². The summed E-state index contributed by atoms with van der Waals surface area (Å²) >= 11 is 0. The first-order valence-corrected chi connectivity index (χ1v) is 9.60. The average Bonchev–Trinajstić information content (AvgIpc) is 3.18. The van der Waals surface area contributed by atoms with Crippen LogP contribution in [0.3, 0.4) is 0 Å². The highest BCUT2D eigenvalue weighted by Crippen LogP contribution is 2.41. The fourth-order valence-electron chi connectivity index (χ4n) is 4.27. The molecule has 0 spiro atoms. The second-order valence-electron chi connectivity index (χ2n) is 7.39. The number of halogens is 2. The summed E-state index contributed by atoms with van der Waals surface area (Å²) in [5.41, 5.74) is 1.05. The van der Waals surface area contributed by atoms with E-state index in [0.717, 1.165) is 25.9 Å². The van der Waals surface area contributed by atoms with E-state index in [1.807, 2.05) is 18.2 Å². The zero-order valence-corrected chi connectivity index (χ0v) is 15.6. The minimum absolute atomic E-state index is 0.191. The molecule has 0 unspecified atom stereocenters. The van der Waals surface area contributed by atoms with Gasteiger partial charge in [0.2, 0.25) is 0 Å². The fraction of sp³-hybridized carbons (Fsp3) is 0.250. The molecular formula is C24H23F2NO. The molecule has 0 aromatic heterocycles. The summed E-state index contributed by atoms with van der Waals surface area (Å²) < 4.78 is 27.1. The van der Waals surface area contributed by atoms with Gasteiger partial charge < -0.3 is 5.11 Å². The molecule has 28 heavy (non-hydrogen) atoms. The Labute approximate surface area is 164 Å². The van der Waals surface area contributed by atoms with Crippen LogP contribution < -0.4 is 0 Å². The molecule has 1 aliphatic rings. The minimum atomic E-state index is -1.35. The maximum Gasteiger partial charge on any atom is 0.130 e. The van der Waals surface area contributed by atoms with Crippen LogP contribution in [0.2, 0.25) is 0 Å². The molecule has 3 aromatic rings. The monoisotopic (exact) mass is 379 g/mol. The van der Waals surface area contributed by atoms with Crippen molar-refractivity contribution in [1.29, 1.82) is 0 Å². The number of aliphatic hydroxyl groups is 1. The van der Waals surface area contributed by atoms with E-state index < -0.39 is 5.60 Å². The second kappa shape index (κ2) is 7.82. The molecule has 1 aliphatic heterocycles. The van der Waals surface area contributed by atoms with Gasteiger partial charge in [-0.05, 0) is 60.3 Å². The van der Waals surface area contributed by atoms with Gasteiger partial charge in [0.25, 0.3) is 0 Å². The van der Waals surface area contributed by atoms with Crippen LogP contribution in [0.4, 0.5) is 8.78 Å². The third kappa shape index (κ3) is 3.58. The Hall–Kier alpha value is -2.56. The van der Waals surface area contributed by atoms with Crippen LogP contribution in [0.1, 0.15) is 29.5 Å². The van der Waals surface area contributed by atoms with Crippen LogP contribution in [0, 0.1) is 11.6 Å². The average molecular weight is 379 g/mol. The van der Waals surface area contributed by atoms with E-state index in [1.54, 1.807) is 24.3 Å². The summed E-state index contributed by atoms with van der Waals surface area (Å²) in [5.74, 6) is -0.699. The zero-order chi connectivity index (χ0) is 19.6. The van der Waals surface area contributed by atoms with Gasteiger partial charge in [0.1, 0.15) is 17.2 Å². The van der Waals surface area contributed by atoms with Crippen molar-refractivity contribution in [1.82, 2.24) is 4.90 Å². The molecule has 3 aromatic carbocycles. The molecule has 1 fully saturated rings. The van der Waals surface area contributed by atoms with Gasteiger partial charge >= 0.3 is 0 Å². The first-order valence-electron chi connectivity index (χ1n) is 9.60. The van der Waals surface area contributed by atoms with Gasteiger partial charge in [-0.1, -0.05) is 54.6 Å². The quantitative estimate of drug-likeness (QED) is 0.684. The van der Waals surface area contributed by atoms with Crippen LogP contribution >= 0.6 is 0 Å². The van der Waals surface area contributed by atoms with E-state index in [4.69, 9.17) is 0 Å². The standard InChI is InChI=1S/C24H23F2NO/c25-21-12-8-19(9-13-21)24(28,20-10-14-22(26)15-11-20)23-7-4-16-27(23)17-18-5-2-1-3-6-18/h1-3,5-6,8-15,23,28H,4,7,16-17H2/t23-/m0/s1. The van der Waals surface area contributed by atoms with Gasteiger partial charge in [0.05, 0.1) is 0 Å². The molecule has 144 valence electrons. The number of nitrogens with zero attached hydrogens (tertiary/aromatic N) is 1. The SMILES string of the molecule is OC(c1ccc(F)cc1)(c1ccc(F)cc1)[C@@H]1CCCN1Cc1ccccc1. The summed E-state index contributed by atoms with van der Waals surface area (Å²) in [6, 6.07) is 21.9. The third-order valence-electron chi connectivity index (χ3n) is 5.64. The number of benzene rings is 3. The van der Waals surface area contributed by atoms with Crippen LogP contribution in [-0.4, -0.2) is 22.6 Å². The highest BCUT2D eigenvalue weighted by Gasteiger charge is 2.45. The Bertz CT molecular complexity index is 864. The molecule has 4 heteroatoms. The third-order valence-corrected chi connectivity index (χ3v) is 5.64. The van der Waals surface area contributed by atoms with Crippen molar-refractivity contribution < 1.29 is 13.9 Å². The molecule has 1 atom stereocenters. The Morgan fingerprint density at radius 3 is 1.89 bits per heavy atom. The molecule has 0 saturated carbocycles. The first-order chi connectivity index (χ1) is 13.6. The fourth-order valence-corrected chi connectivity index (χ4v) is 4.27. The Balaban J connectivity index is 1.76. The largest absolute Gasteiger partial charge is 0.379 e. The smallest absolute Gasteiger partial charge is 0.130 e. The van der Waals surface area contributed by atoms with Gasteiger partial charge in [-0.2, -0.15) is 0 Å². The maximum absolute atomic E-state index is 13.5. The van der Waals surface area contributed by atoms with E-state index in [-0.39, 0.29) is 17.7 Å². The van der Waals surface area contributed by atoms with Crippen molar-refractivity contribution in [3.63, 3.8) is 0 Å². The van der Waals surface area contributed by atoms with Crippen molar-refractivity contribution in [3.05, 3.63) is 107 Å². The Morgan fingerprint density at radius 1 is 0.821 bits per heavy atom. The first kappa shape index (κ1) is 18.8. The van der Waals surface area contributed by atoms with Gasteiger partial charge in [-0.25, -0.2) is 8.78 Å². The topological polar surface area (TPSA) is 23.5 Å². The number of rotatable bonds is 5. The lowest BCUT2D eigenvalue weighted by atomic mass is 9.79. The molecule has 0 radical (unpaired) electrons. The predicted molar refractivity (Wildman–Crippen MR) is 106 cm³/mol. The number of hydrogen-bond acceptors (Lipinski definition) is 2. The summed E-state index contributed by atoms with van der Waals surface area (Å²) in [7, 11) is 0. The van der Waals surface area contributed by atoms with E-state index in [2.05, 4.69) is 17.0 Å². The summed E-state index contributed by atoms with van der Waals surface area (Å²) in [6.45, 7) is 1.58. The molecule has 4 rings (SSSR count). The van der Waals surface area contributed by atoms with E-state index in [1.165, 1.54) is 29.8 Å². The summed E-state index contributed by atoms with van der Waals surface area (Å²) in [5, 5.41) is 12.0. The lowest BCUT2D eigenvalue weighted by Crippen LogP contribution is -2.48. The molecule has 1 N–H and O–H groups in total. The highest BCUT2D eigenvalue weighted by molar-refractivity contribution is 5.39. The lowest BCUT2D eigenvalue weighted by molar-refractivity contribution is -0.00661. The zero-order valence-electron chi connectivity index (χ0n) is 15.6. The van der Waals surface area contributed by atoms with E-state index in [9.17, 15) is 13.9 Å². The van der Waals surface area contributed by atoms with Crippen LogP contribution in [0.25, 0.3) is 0 Å². The highest BCUT2D eigenvalue weighted by atomic mass is 19.1. The van der Waals surface area contributed by atoms with Crippen molar-refractivity contribution in [3.8, 4) is 0 Å². The van der Waals surface area contributed by atoms with Crippen molar-refractivity contribution >= 4 is 0 Å². The molecule has 1 heterocycles. The second-order valence-corrected chi connectivity index (χ2v) is 7.39. The molecule has 1 saturated heterocycles.